The number of pyridine rings is 1. The predicted molar refractivity (Wildman–Crippen MR) is 49.5 cm³/mol. The summed E-state index contributed by atoms with van der Waals surface area (Å²) in [5, 5.41) is 0. The van der Waals surface area contributed by atoms with Gasteiger partial charge in [-0.1, -0.05) is 6.07 Å². The van der Waals surface area contributed by atoms with E-state index in [1.54, 1.807) is 18.3 Å². The summed E-state index contributed by atoms with van der Waals surface area (Å²) in [6.07, 6.45) is 3.15. The van der Waals surface area contributed by atoms with Crippen LogP contribution in [0.1, 0.15) is 0 Å². The standard InChI is InChI=1S/C11H7FNO/c12-10-5-1-2-6-11(10)14-9-4-3-7-13-8-9/h1,3-8H. The van der Waals surface area contributed by atoms with Crippen LogP contribution in [-0.4, -0.2) is 4.98 Å². The van der Waals surface area contributed by atoms with Crippen molar-refractivity contribution < 1.29 is 9.13 Å². The van der Waals surface area contributed by atoms with Crippen molar-refractivity contribution in [1.82, 2.24) is 4.98 Å². The van der Waals surface area contributed by atoms with Gasteiger partial charge in [-0.25, -0.2) is 4.39 Å². The molecule has 1 aromatic heterocycles. The third kappa shape index (κ3) is 1.88. The molecule has 0 unspecified atom stereocenters. The third-order valence-corrected chi connectivity index (χ3v) is 1.64. The fourth-order valence-electron chi connectivity index (χ4n) is 1.01. The fraction of sp³-hybridized carbons (Fsp3) is 0. The highest BCUT2D eigenvalue weighted by Gasteiger charge is 2.02. The summed E-state index contributed by atoms with van der Waals surface area (Å²) < 4.78 is 18.4. The Morgan fingerprint density at radius 1 is 1.36 bits per heavy atom. The Morgan fingerprint density at radius 3 is 3.00 bits per heavy atom. The fourth-order valence-corrected chi connectivity index (χ4v) is 1.01. The topological polar surface area (TPSA) is 22.1 Å². The van der Waals surface area contributed by atoms with E-state index in [0.717, 1.165) is 0 Å². The average molecular weight is 188 g/mol. The molecule has 69 valence electrons. The van der Waals surface area contributed by atoms with E-state index in [9.17, 15) is 4.39 Å². The molecule has 0 bridgehead atoms. The largest absolute Gasteiger partial charge is 0.453 e. The molecule has 0 amide bonds. The van der Waals surface area contributed by atoms with Gasteiger partial charge in [0.2, 0.25) is 0 Å². The zero-order chi connectivity index (χ0) is 9.80. The number of halogens is 1. The maximum Gasteiger partial charge on any atom is 0.165 e. The van der Waals surface area contributed by atoms with Gasteiger partial charge in [-0.2, -0.15) is 0 Å². The number of hydrogen-bond acceptors (Lipinski definition) is 2. The highest BCUT2D eigenvalue weighted by Crippen LogP contribution is 2.22. The number of ether oxygens (including phenoxy) is 1. The van der Waals surface area contributed by atoms with Gasteiger partial charge < -0.3 is 4.74 Å². The molecule has 1 radical (unpaired) electrons. The first-order chi connectivity index (χ1) is 6.86. The number of rotatable bonds is 2. The second kappa shape index (κ2) is 3.87. The quantitative estimate of drug-likeness (QED) is 0.722. The Kier molecular flexibility index (Phi) is 2.40. The lowest BCUT2D eigenvalue weighted by Crippen LogP contribution is -1.87. The minimum atomic E-state index is -0.410. The van der Waals surface area contributed by atoms with Gasteiger partial charge in [0.25, 0.3) is 0 Å². The molecule has 0 saturated carbocycles. The van der Waals surface area contributed by atoms with Gasteiger partial charge in [0, 0.05) is 6.20 Å². The summed E-state index contributed by atoms with van der Waals surface area (Å²) in [6, 6.07) is 10.4. The minimum absolute atomic E-state index is 0.153. The zero-order valence-electron chi connectivity index (χ0n) is 7.27. The summed E-state index contributed by atoms with van der Waals surface area (Å²) in [6.45, 7) is 0. The zero-order valence-corrected chi connectivity index (χ0v) is 7.27. The number of aromatic nitrogens is 1. The monoisotopic (exact) mass is 188 g/mol. The van der Waals surface area contributed by atoms with E-state index in [-0.39, 0.29) is 5.75 Å². The maximum atomic E-state index is 13.1. The van der Waals surface area contributed by atoms with Crippen LogP contribution in [0.4, 0.5) is 4.39 Å². The first-order valence-corrected chi connectivity index (χ1v) is 4.10. The molecule has 0 spiro atoms. The van der Waals surface area contributed by atoms with Crippen LogP contribution in [-0.2, 0) is 0 Å². The summed E-state index contributed by atoms with van der Waals surface area (Å²) >= 11 is 0. The van der Waals surface area contributed by atoms with Gasteiger partial charge in [-0.3, -0.25) is 4.98 Å². The summed E-state index contributed by atoms with van der Waals surface area (Å²) in [5.41, 5.74) is 0. The van der Waals surface area contributed by atoms with Crippen LogP contribution in [0.2, 0.25) is 0 Å². The Hall–Kier alpha value is -1.90. The van der Waals surface area contributed by atoms with Gasteiger partial charge >= 0.3 is 0 Å². The molecule has 0 saturated heterocycles. The number of nitrogens with zero attached hydrogens (tertiary/aromatic N) is 1. The minimum Gasteiger partial charge on any atom is -0.453 e. The van der Waals surface area contributed by atoms with Crippen molar-refractivity contribution in [2.45, 2.75) is 0 Å². The molecule has 0 fully saturated rings. The summed E-state index contributed by atoms with van der Waals surface area (Å²) in [4.78, 5) is 3.85. The molecular formula is C11H7FNO. The van der Waals surface area contributed by atoms with Crippen molar-refractivity contribution in [3.63, 3.8) is 0 Å². The molecular weight excluding hydrogens is 181 g/mol. The highest BCUT2D eigenvalue weighted by molar-refractivity contribution is 5.29. The van der Waals surface area contributed by atoms with Crippen molar-refractivity contribution in [3.05, 3.63) is 54.6 Å². The average Bonchev–Trinajstić information content (AvgIpc) is 2.23. The third-order valence-electron chi connectivity index (χ3n) is 1.64. The van der Waals surface area contributed by atoms with Crippen LogP contribution in [0.15, 0.2) is 42.7 Å². The normalized spacial score (nSPS) is 9.79. The number of hydrogen-bond donors (Lipinski definition) is 0. The number of benzene rings is 1. The van der Waals surface area contributed by atoms with E-state index >= 15 is 0 Å². The molecule has 0 N–H and O–H groups in total. The molecule has 0 aliphatic heterocycles. The van der Waals surface area contributed by atoms with E-state index in [0.29, 0.717) is 5.75 Å². The van der Waals surface area contributed by atoms with Crippen molar-refractivity contribution in [1.29, 1.82) is 0 Å². The van der Waals surface area contributed by atoms with E-state index in [1.165, 1.54) is 24.4 Å². The SMILES string of the molecule is Fc1cc[c]cc1Oc1cccnc1. The Morgan fingerprint density at radius 2 is 2.29 bits per heavy atom. The summed E-state index contributed by atoms with van der Waals surface area (Å²) in [5.74, 6) is 0.249. The molecule has 1 heterocycles. The molecule has 3 heteroatoms. The van der Waals surface area contributed by atoms with Crippen LogP contribution in [0.5, 0.6) is 11.5 Å². The van der Waals surface area contributed by atoms with Crippen LogP contribution in [0, 0.1) is 11.9 Å². The van der Waals surface area contributed by atoms with Gasteiger partial charge in [0.05, 0.1) is 6.20 Å². The van der Waals surface area contributed by atoms with Crippen LogP contribution < -0.4 is 4.74 Å². The predicted octanol–water partition coefficient (Wildman–Crippen LogP) is 2.81. The van der Waals surface area contributed by atoms with Gasteiger partial charge in [0.15, 0.2) is 11.6 Å². The molecule has 0 atom stereocenters. The van der Waals surface area contributed by atoms with Gasteiger partial charge in [-0.15, -0.1) is 0 Å². The van der Waals surface area contributed by atoms with E-state index in [1.807, 2.05) is 0 Å². The summed E-state index contributed by atoms with van der Waals surface area (Å²) in [7, 11) is 0. The van der Waals surface area contributed by atoms with Crippen molar-refractivity contribution in [2.75, 3.05) is 0 Å². The van der Waals surface area contributed by atoms with E-state index in [4.69, 9.17) is 4.74 Å². The van der Waals surface area contributed by atoms with Gasteiger partial charge in [0.1, 0.15) is 5.75 Å². The molecule has 2 aromatic rings. The van der Waals surface area contributed by atoms with Crippen molar-refractivity contribution in [3.8, 4) is 11.5 Å². The first kappa shape index (κ1) is 8.69. The van der Waals surface area contributed by atoms with Crippen molar-refractivity contribution in [2.24, 2.45) is 0 Å². The second-order valence-electron chi connectivity index (χ2n) is 2.65. The molecule has 14 heavy (non-hydrogen) atoms. The smallest absolute Gasteiger partial charge is 0.165 e. The lowest BCUT2D eigenvalue weighted by atomic mass is 10.3. The molecule has 0 aliphatic carbocycles. The molecule has 0 aliphatic rings. The molecule has 1 aromatic carbocycles. The van der Waals surface area contributed by atoms with Crippen molar-refractivity contribution >= 4 is 0 Å². The van der Waals surface area contributed by atoms with Crippen LogP contribution >= 0.6 is 0 Å². The Bertz CT molecular complexity index is 417. The van der Waals surface area contributed by atoms with Crippen LogP contribution in [0.3, 0.4) is 0 Å². The Balaban J connectivity index is 2.24. The Labute approximate surface area is 81.0 Å². The lowest BCUT2D eigenvalue weighted by molar-refractivity contribution is 0.440. The van der Waals surface area contributed by atoms with Gasteiger partial charge in [-0.05, 0) is 30.3 Å². The molecule has 2 nitrogen and oxygen atoms in total. The highest BCUT2D eigenvalue weighted by atomic mass is 19.1. The van der Waals surface area contributed by atoms with E-state index in [2.05, 4.69) is 11.1 Å². The maximum absolute atomic E-state index is 13.1. The second-order valence-corrected chi connectivity index (χ2v) is 2.65. The van der Waals surface area contributed by atoms with Crippen LogP contribution in [0.25, 0.3) is 0 Å². The lowest BCUT2D eigenvalue weighted by Gasteiger charge is -2.04. The first-order valence-electron chi connectivity index (χ1n) is 4.10. The molecule has 2 rings (SSSR count). The van der Waals surface area contributed by atoms with E-state index < -0.39 is 5.82 Å².